The van der Waals surface area contributed by atoms with Crippen molar-refractivity contribution in [2.75, 3.05) is 6.54 Å². The first-order valence-corrected chi connectivity index (χ1v) is 5.67. The van der Waals surface area contributed by atoms with Gasteiger partial charge in [-0.15, -0.1) is 0 Å². The molecule has 1 aliphatic carbocycles. The molecular formula is C12H22N2O. The predicted octanol–water partition coefficient (Wildman–Crippen LogP) is 1.60. The molecule has 86 valence electrons. The highest BCUT2D eigenvalue weighted by Crippen LogP contribution is 2.10. The van der Waals surface area contributed by atoms with E-state index in [9.17, 15) is 4.79 Å². The second kappa shape index (κ2) is 5.31. The first kappa shape index (κ1) is 12.2. The summed E-state index contributed by atoms with van der Waals surface area (Å²) in [7, 11) is 0. The van der Waals surface area contributed by atoms with Gasteiger partial charge in [0.2, 0.25) is 5.91 Å². The van der Waals surface area contributed by atoms with Crippen LogP contribution in [0.2, 0.25) is 0 Å². The van der Waals surface area contributed by atoms with Crippen LogP contribution in [0, 0.1) is 0 Å². The number of rotatable bonds is 3. The van der Waals surface area contributed by atoms with Crippen molar-refractivity contribution in [3.8, 4) is 0 Å². The first-order valence-electron chi connectivity index (χ1n) is 5.67. The van der Waals surface area contributed by atoms with Crippen molar-refractivity contribution in [2.45, 2.75) is 51.6 Å². The molecule has 2 N–H and O–H groups in total. The molecule has 0 spiro atoms. The number of amides is 1. The average Bonchev–Trinajstić information content (AvgIpc) is 2.15. The van der Waals surface area contributed by atoms with Gasteiger partial charge >= 0.3 is 0 Å². The molecule has 1 rings (SSSR count). The van der Waals surface area contributed by atoms with Crippen LogP contribution in [-0.2, 0) is 4.79 Å². The maximum atomic E-state index is 11.6. The van der Waals surface area contributed by atoms with Crippen molar-refractivity contribution >= 4 is 5.91 Å². The molecule has 3 nitrogen and oxygen atoms in total. The third-order valence-corrected chi connectivity index (χ3v) is 2.41. The molecular weight excluding hydrogens is 188 g/mol. The SMILES string of the molecule is CC(C)(C)NCC(=O)NC1CC=CCC1. The van der Waals surface area contributed by atoms with Gasteiger partial charge in [0.05, 0.1) is 6.54 Å². The minimum absolute atomic E-state index is 0.00378. The third kappa shape index (κ3) is 5.57. The zero-order valence-electron chi connectivity index (χ0n) is 9.97. The molecule has 0 aromatic rings. The highest BCUT2D eigenvalue weighted by molar-refractivity contribution is 5.78. The summed E-state index contributed by atoms with van der Waals surface area (Å²) in [6.45, 7) is 6.58. The molecule has 0 aliphatic heterocycles. The van der Waals surface area contributed by atoms with E-state index in [2.05, 4.69) is 43.6 Å². The zero-order valence-corrected chi connectivity index (χ0v) is 9.97. The van der Waals surface area contributed by atoms with Gasteiger partial charge in [-0.05, 0) is 40.0 Å². The molecule has 1 aliphatic rings. The lowest BCUT2D eigenvalue weighted by Crippen LogP contribution is -2.46. The Balaban J connectivity index is 2.21. The second-order valence-corrected chi connectivity index (χ2v) is 5.15. The number of allylic oxidation sites excluding steroid dienone is 1. The van der Waals surface area contributed by atoms with E-state index in [4.69, 9.17) is 0 Å². The van der Waals surface area contributed by atoms with Crippen molar-refractivity contribution < 1.29 is 4.79 Å². The normalized spacial score (nSPS) is 21.4. The molecule has 1 unspecified atom stereocenters. The van der Waals surface area contributed by atoms with E-state index in [1.54, 1.807) is 0 Å². The van der Waals surface area contributed by atoms with E-state index in [0.717, 1.165) is 19.3 Å². The van der Waals surface area contributed by atoms with Crippen LogP contribution in [0.15, 0.2) is 12.2 Å². The lowest BCUT2D eigenvalue weighted by Gasteiger charge is -2.23. The molecule has 0 bridgehead atoms. The Morgan fingerprint density at radius 2 is 2.13 bits per heavy atom. The van der Waals surface area contributed by atoms with E-state index in [-0.39, 0.29) is 11.4 Å². The number of carbonyl (C=O) groups is 1. The van der Waals surface area contributed by atoms with Crippen LogP contribution in [0.4, 0.5) is 0 Å². The van der Waals surface area contributed by atoms with Crippen LogP contribution in [-0.4, -0.2) is 24.0 Å². The zero-order chi connectivity index (χ0) is 11.3. The summed E-state index contributed by atoms with van der Waals surface area (Å²) in [5.41, 5.74) is 0.00378. The highest BCUT2D eigenvalue weighted by Gasteiger charge is 2.15. The van der Waals surface area contributed by atoms with Gasteiger partial charge in [-0.1, -0.05) is 12.2 Å². The lowest BCUT2D eigenvalue weighted by molar-refractivity contribution is -0.121. The van der Waals surface area contributed by atoms with E-state index < -0.39 is 0 Å². The monoisotopic (exact) mass is 210 g/mol. The summed E-state index contributed by atoms with van der Waals surface area (Å²) in [6.07, 6.45) is 7.44. The Labute approximate surface area is 92.3 Å². The smallest absolute Gasteiger partial charge is 0.234 e. The number of carbonyl (C=O) groups excluding carboxylic acids is 1. The summed E-state index contributed by atoms with van der Waals surface area (Å²) in [6, 6.07) is 0.337. The Hall–Kier alpha value is -0.830. The van der Waals surface area contributed by atoms with Gasteiger partial charge < -0.3 is 10.6 Å². The quantitative estimate of drug-likeness (QED) is 0.695. The van der Waals surface area contributed by atoms with Crippen LogP contribution in [0.5, 0.6) is 0 Å². The molecule has 0 radical (unpaired) electrons. The van der Waals surface area contributed by atoms with Crippen LogP contribution >= 0.6 is 0 Å². The van der Waals surface area contributed by atoms with Gasteiger partial charge in [0.25, 0.3) is 0 Å². The summed E-state index contributed by atoms with van der Waals surface area (Å²) in [5, 5.41) is 6.22. The van der Waals surface area contributed by atoms with E-state index in [1.165, 1.54) is 0 Å². The van der Waals surface area contributed by atoms with Crippen molar-refractivity contribution in [3.63, 3.8) is 0 Å². The topological polar surface area (TPSA) is 41.1 Å². The van der Waals surface area contributed by atoms with Crippen molar-refractivity contribution in [1.82, 2.24) is 10.6 Å². The summed E-state index contributed by atoms with van der Waals surface area (Å²) >= 11 is 0. The van der Waals surface area contributed by atoms with E-state index >= 15 is 0 Å². The molecule has 0 heterocycles. The molecule has 0 saturated carbocycles. The van der Waals surface area contributed by atoms with Gasteiger partial charge in [-0.3, -0.25) is 4.79 Å². The van der Waals surface area contributed by atoms with Crippen LogP contribution in [0.25, 0.3) is 0 Å². The molecule has 0 fully saturated rings. The summed E-state index contributed by atoms with van der Waals surface area (Å²) < 4.78 is 0. The Bertz CT molecular complexity index is 240. The van der Waals surface area contributed by atoms with Crippen molar-refractivity contribution in [2.24, 2.45) is 0 Å². The van der Waals surface area contributed by atoms with E-state index in [1.807, 2.05) is 0 Å². The van der Waals surface area contributed by atoms with E-state index in [0.29, 0.717) is 12.6 Å². The maximum Gasteiger partial charge on any atom is 0.234 e. The largest absolute Gasteiger partial charge is 0.352 e. The highest BCUT2D eigenvalue weighted by atomic mass is 16.2. The van der Waals surface area contributed by atoms with Crippen LogP contribution < -0.4 is 10.6 Å². The molecule has 15 heavy (non-hydrogen) atoms. The van der Waals surface area contributed by atoms with Gasteiger partial charge in [-0.2, -0.15) is 0 Å². The fourth-order valence-corrected chi connectivity index (χ4v) is 1.55. The van der Waals surface area contributed by atoms with Crippen molar-refractivity contribution in [1.29, 1.82) is 0 Å². The fourth-order valence-electron chi connectivity index (χ4n) is 1.55. The maximum absolute atomic E-state index is 11.6. The first-order chi connectivity index (χ1) is 6.97. The van der Waals surface area contributed by atoms with Crippen LogP contribution in [0.1, 0.15) is 40.0 Å². The molecule has 3 heteroatoms. The van der Waals surface area contributed by atoms with Crippen molar-refractivity contribution in [3.05, 3.63) is 12.2 Å². The number of hydrogen-bond donors (Lipinski definition) is 2. The van der Waals surface area contributed by atoms with Gasteiger partial charge in [-0.25, -0.2) is 0 Å². The number of nitrogens with one attached hydrogen (secondary N) is 2. The third-order valence-electron chi connectivity index (χ3n) is 2.41. The molecule has 0 aromatic heterocycles. The Kier molecular flexibility index (Phi) is 4.33. The average molecular weight is 210 g/mol. The predicted molar refractivity (Wildman–Crippen MR) is 62.7 cm³/mol. The lowest BCUT2D eigenvalue weighted by atomic mass is 10.0. The Morgan fingerprint density at radius 3 is 2.67 bits per heavy atom. The summed E-state index contributed by atoms with van der Waals surface area (Å²) in [5.74, 6) is 0.102. The Morgan fingerprint density at radius 1 is 1.40 bits per heavy atom. The van der Waals surface area contributed by atoms with Gasteiger partial charge in [0.15, 0.2) is 0 Å². The number of hydrogen-bond acceptors (Lipinski definition) is 2. The van der Waals surface area contributed by atoms with Gasteiger partial charge in [0, 0.05) is 11.6 Å². The van der Waals surface area contributed by atoms with Gasteiger partial charge in [0.1, 0.15) is 0 Å². The second-order valence-electron chi connectivity index (χ2n) is 5.15. The molecule has 0 saturated heterocycles. The fraction of sp³-hybridized carbons (Fsp3) is 0.750. The summed E-state index contributed by atoms with van der Waals surface area (Å²) in [4.78, 5) is 11.6. The van der Waals surface area contributed by atoms with Crippen LogP contribution in [0.3, 0.4) is 0 Å². The molecule has 0 aromatic carbocycles. The molecule has 1 atom stereocenters. The molecule has 1 amide bonds. The minimum Gasteiger partial charge on any atom is -0.352 e. The minimum atomic E-state index is 0.00378. The standard InChI is InChI=1S/C12H22N2O/c1-12(2,3)13-9-11(15)14-10-7-5-4-6-8-10/h4-5,10,13H,6-9H2,1-3H3,(H,14,15).